The van der Waals surface area contributed by atoms with E-state index in [0.29, 0.717) is 5.69 Å². The van der Waals surface area contributed by atoms with Crippen LogP contribution in [0.4, 0.5) is 11.4 Å². The Hall–Kier alpha value is -3.22. The SMILES string of the molecule is O=C([O-])c1ccc(NC(=O)c2ccc([N+](=O)[O-])cc2)cc1. The molecule has 0 heterocycles. The minimum Gasteiger partial charge on any atom is -0.545 e. The first-order valence-corrected chi connectivity index (χ1v) is 5.84. The third-order valence-electron chi connectivity index (χ3n) is 2.72. The lowest BCUT2D eigenvalue weighted by molar-refractivity contribution is -0.384. The first-order chi connectivity index (χ1) is 9.97. The molecule has 0 spiro atoms. The van der Waals surface area contributed by atoms with Crippen LogP contribution in [0.25, 0.3) is 0 Å². The van der Waals surface area contributed by atoms with Gasteiger partial charge in [0, 0.05) is 23.4 Å². The van der Waals surface area contributed by atoms with Gasteiger partial charge in [0.05, 0.1) is 10.9 Å². The highest BCUT2D eigenvalue weighted by Crippen LogP contribution is 2.14. The molecule has 0 fully saturated rings. The number of carboxylic acids is 1. The van der Waals surface area contributed by atoms with Crippen LogP contribution in [-0.2, 0) is 0 Å². The molecule has 0 unspecified atom stereocenters. The molecule has 0 aromatic heterocycles. The van der Waals surface area contributed by atoms with Gasteiger partial charge in [-0.1, -0.05) is 12.1 Å². The van der Waals surface area contributed by atoms with E-state index < -0.39 is 16.8 Å². The number of hydrogen-bond acceptors (Lipinski definition) is 5. The minimum absolute atomic E-state index is 0.00309. The largest absolute Gasteiger partial charge is 0.545 e. The number of anilines is 1. The molecule has 2 rings (SSSR count). The molecule has 0 radical (unpaired) electrons. The van der Waals surface area contributed by atoms with Gasteiger partial charge >= 0.3 is 0 Å². The Balaban J connectivity index is 2.10. The topological polar surface area (TPSA) is 112 Å². The summed E-state index contributed by atoms with van der Waals surface area (Å²) in [6, 6.07) is 10.6. The molecule has 7 heteroatoms. The molecular formula is C14H9N2O5-. The highest BCUT2D eigenvalue weighted by molar-refractivity contribution is 6.04. The second-order valence-corrected chi connectivity index (χ2v) is 4.12. The summed E-state index contributed by atoms with van der Waals surface area (Å²) in [4.78, 5) is 32.5. The van der Waals surface area contributed by atoms with Crippen LogP contribution in [0.1, 0.15) is 20.7 Å². The number of non-ortho nitro benzene ring substituents is 1. The van der Waals surface area contributed by atoms with E-state index in [1.54, 1.807) is 0 Å². The van der Waals surface area contributed by atoms with Crippen LogP contribution in [0, 0.1) is 10.1 Å². The van der Waals surface area contributed by atoms with Crippen molar-refractivity contribution < 1.29 is 19.6 Å². The molecule has 7 nitrogen and oxygen atoms in total. The van der Waals surface area contributed by atoms with Gasteiger partial charge in [0.2, 0.25) is 0 Å². The van der Waals surface area contributed by atoms with Gasteiger partial charge in [-0.2, -0.15) is 0 Å². The molecule has 0 aliphatic heterocycles. The number of carboxylic acid groups (broad SMARTS) is 1. The average Bonchev–Trinajstić information content (AvgIpc) is 2.47. The molecule has 0 aliphatic rings. The molecule has 106 valence electrons. The maximum atomic E-state index is 11.9. The third-order valence-corrected chi connectivity index (χ3v) is 2.72. The Morgan fingerprint density at radius 1 is 0.905 bits per heavy atom. The van der Waals surface area contributed by atoms with Crippen molar-refractivity contribution >= 4 is 23.3 Å². The van der Waals surface area contributed by atoms with Gasteiger partial charge in [-0.15, -0.1) is 0 Å². The molecule has 0 aliphatic carbocycles. The number of benzene rings is 2. The van der Waals surface area contributed by atoms with Gasteiger partial charge < -0.3 is 15.2 Å². The van der Waals surface area contributed by atoms with E-state index in [0.717, 1.165) is 0 Å². The lowest BCUT2D eigenvalue weighted by Crippen LogP contribution is -2.22. The summed E-state index contributed by atoms with van der Waals surface area (Å²) >= 11 is 0. The lowest BCUT2D eigenvalue weighted by atomic mass is 10.1. The van der Waals surface area contributed by atoms with Crippen molar-refractivity contribution in [2.75, 3.05) is 5.32 Å². The van der Waals surface area contributed by atoms with Gasteiger partial charge in [-0.05, 0) is 29.8 Å². The van der Waals surface area contributed by atoms with Gasteiger partial charge in [0.1, 0.15) is 0 Å². The summed E-state index contributed by atoms with van der Waals surface area (Å²) in [6.45, 7) is 0. The number of aromatic carboxylic acids is 1. The number of carbonyl (C=O) groups is 2. The summed E-state index contributed by atoms with van der Waals surface area (Å²) in [5, 5.41) is 23.7. The number of amides is 1. The van der Waals surface area contributed by atoms with Gasteiger partial charge in [0.15, 0.2) is 0 Å². The van der Waals surface area contributed by atoms with Crippen molar-refractivity contribution in [1.29, 1.82) is 0 Å². The first-order valence-electron chi connectivity index (χ1n) is 5.84. The predicted octanol–water partition coefficient (Wildman–Crippen LogP) is 1.21. The fourth-order valence-corrected chi connectivity index (χ4v) is 1.63. The molecular weight excluding hydrogens is 276 g/mol. The molecule has 0 atom stereocenters. The molecule has 1 N–H and O–H groups in total. The highest BCUT2D eigenvalue weighted by atomic mass is 16.6. The minimum atomic E-state index is -1.30. The zero-order valence-corrected chi connectivity index (χ0v) is 10.6. The number of hydrogen-bond donors (Lipinski definition) is 1. The summed E-state index contributed by atoms with van der Waals surface area (Å²) in [7, 11) is 0. The van der Waals surface area contributed by atoms with Crippen molar-refractivity contribution in [1.82, 2.24) is 0 Å². The fraction of sp³-hybridized carbons (Fsp3) is 0. The summed E-state index contributed by atoms with van der Waals surface area (Å²) in [5.41, 5.74) is 0.557. The maximum Gasteiger partial charge on any atom is 0.269 e. The Morgan fingerprint density at radius 3 is 1.90 bits per heavy atom. The summed E-state index contributed by atoms with van der Waals surface area (Å²) < 4.78 is 0. The average molecular weight is 285 g/mol. The van der Waals surface area contributed by atoms with Crippen molar-refractivity contribution in [3.63, 3.8) is 0 Å². The Labute approximate surface area is 119 Å². The monoisotopic (exact) mass is 285 g/mol. The van der Waals surface area contributed by atoms with Crippen molar-refractivity contribution in [2.24, 2.45) is 0 Å². The molecule has 1 amide bonds. The fourth-order valence-electron chi connectivity index (χ4n) is 1.63. The van der Waals surface area contributed by atoms with Crippen molar-refractivity contribution in [3.8, 4) is 0 Å². The normalized spacial score (nSPS) is 9.90. The molecule has 0 saturated carbocycles. The van der Waals surface area contributed by atoms with E-state index in [9.17, 15) is 24.8 Å². The molecule has 21 heavy (non-hydrogen) atoms. The van der Waals surface area contributed by atoms with Crippen LogP contribution in [-0.4, -0.2) is 16.8 Å². The lowest BCUT2D eigenvalue weighted by Gasteiger charge is -2.07. The summed E-state index contributed by atoms with van der Waals surface area (Å²) in [6.07, 6.45) is 0. The van der Waals surface area contributed by atoms with Crippen molar-refractivity contribution in [3.05, 3.63) is 69.8 Å². The maximum absolute atomic E-state index is 11.9. The highest BCUT2D eigenvalue weighted by Gasteiger charge is 2.09. The van der Waals surface area contributed by atoms with E-state index in [1.165, 1.54) is 48.5 Å². The van der Waals surface area contributed by atoms with Crippen LogP contribution >= 0.6 is 0 Å². The Kier molecular flexibility index (Phi) is 3.94. The molecule has 0 bridgehead atoms. The quantitative estimate of drug-likeness (QED) is 0.670. The van der Waals surface area contributed by atoms with Crippen LogP contribution < -0.4 is 10.4 Å². The zero-order chi connectivity index (χ0) is 15.4. The number of nitrogens with zero attached hydrogens (tertiary/aromatic N) is 1. The second kappa shape index (κ2) is 5.83. The standard InChI is InChI=1S/C14H10N2O5/c17-13(9-3-7-12(8-4-9)16(20)21)15-11-5-1-10(2-6-11)14(18)19/h1-8H,(H,15,17)(H,18,19)/p-1. The van der Waals surface area contributed by atoms with Crippen molar-refractivity contribution in [2.45, 2.75) is 0 Å². The smallest absolute Gasteiger partial charge is 0.269 e. The Bertz CT molecular complexity index is 692. The number of rotatable bonds is 4. The van der Waals surface area contributed by atoms with E-state index in [4.69, 9.17) is 0 Å². The number of nitro groups is 1. The first kappa shape index (κ1) is 14.2. The third kappa shape index (κ3) is 3.41. The number of nitrogens with one attached hydrogen (secondary N) is 1. The summed E-state index contributed by atoms with van der Waals surface area (Å²) in [5.74, 6) is -1.76. The van der Waals surface area contributed by atoms with E-state index >= 15 is 0 Å². The molecule has 2 aromatic rings. The van der Waals surface area contributed by atoms with Gasteiger partial charge in [-0.3, -0.25) is 14.9 Å². The van der Waals surface area contributed by atoms with E-state index in [1.807, 2.05) is 0 Å². The number of carbonyl (C=O) groups excluding carboxylic acids is 2. The zero-order valence-electron chi connectivity index (χ0n) is 10.6. The second-order valence-electron chi connectivity index (χ2n) is 4.12. The molecule has 2 aromatic carbocycles. The molecule has 0 saturated heterocycles. The van der Waals surface area contributed by atoms with Crippen LogP contribution in [0.5, 0.6) is 0 Å². The van der Waals surface area contributed by atoms with E-state index in [-0.39, 0.29) is 16.8 Å². The van der Waals surface area contributed by atoms with Crippen LogP contribution in [0.2, 0.25) is 0 Å². The van der Waals surface area contributed by atoms with E-state index in [2.05, 4.69) is 5.32 Å². The van der Waals surface area contributed by atoms with Gasteiger partial charge in [-0.25, -0.2) is 0 Å². The Morgan fingerprint density at radius 2 is 1.43 bits per heavy atom. The van der Waals surface area contributed by atoms with Crippen LogP contribution in [0.3, 0.4) is 0 Å². The predicted molar refractivity (Wildman–Crippen MR) is 71.8 cm³/mol. The van der Waals surface area contributed by atoms with Crippen LogP contribution in [0.15, 0.2) is 48.5 Å². The van der Waals surface area contributed by atoms with Gasteiger partial charge in [0.25, 0.3) is 11.6 Å². The number of nitro benzene ring substituents is 1.